The van der Waals surface area contributed by atoms with E-state index >= 15 is 0 Å². The second kappa shape index (κ2) is 6.29. The van der Waals surface area contributed by atoms with Crippen LogP contribution in [-0.2, 0) is 6.18 Å². The molecule has 0 aliphatic heterocycles. The van der Waals surface area contributed by atoms with Gasteiger partial charge in [0.25, 0.3) is 0 Å². The van der Waals surface area contributed by atoms with Crippen molar-refractivity contribution in [2.24, 2.45) is 0 Å². The number of nitrogens with zero attached hydrogens (tertiary/aromatic N) is 2. The maximum Gasteiger partial charge on any atom is 0.416 e. The lowest BCUT2D eigenvalue weighted by Crippen LogP contribution is -2.04. The summed E-state index contributed by atoms with van der Waals surface area (Å²) in [6.07, 6.45) is -4.39. The number of hydrogen-bond acceptors (Lipinski definition) is 2. The third kappa shape index (κ3) is 3.27. The third-order valence-electron chi connectivity index (χ3n) is 4.31. The van der Waals surface area contributed by atoms with Crippen molar-refractivity contribution in [3.63, 3.8) is 0 Å². The van der Waals surface area contributed by atoms with E-state index in [1.165, 1.54) is 6.07 Å². The standard InChI is InChI=1S/C21H12F3N3/c22-21(23,24)17-9-10-18-19(11-17)27-20(26-18)16-7-5-15(6-8-16)14-3-1-13(12-25)2-4-14/h1-11H,(H,26,27). The van der Waals surface area contributed by atoms with E-state index in [4.69, 9.17) is 5.26 Å². The number of benzene rings is 3. The van der Waals surface area contributed by atoms with Crippen LogP contribution in [0.2, 0.25) is 0 Å². The molecule has 27 heavy (non-hydrogen) atoms. The van der Waals surface area contributed by atoms with Crippen molar-refractivity contribution in [2.75, 3.05) is 0 Å². The fourth-order valence-electron chi connectivity index (χ4n) is 2.88. The molecule has 3 aromatic carbocycles. The van der Waals surface area contributed by atoms with Gasteiger partial charge in [-0.3, -0.25) is 0 Å². The van der Waals surface area contributed by atoms with Crippen LogP contribution in [0.4, 0.5) is 13.2 Å². The number of nitrogens with one attached hydrogen (secondary N) is 1. The number of halogens is 3. The maximum absolute atomic E-state index is 12.8. The summed E-state index contributed by atoms with van der Waals surface area (Å²) in [5.74, 6) is 0.510. The molecular weight excluding hydrogens is 351 g/mol. The van der Waals surface area contributed by atoms with Gasteiger partial charge in [0.15, 0.2) is 0 Å². The Hall–Kier alpha value is -3.59. The molecule has 4 aromatic rings. The predicted molar refractivity (Wildman–Crippen MR) is 96.7 cm³/mol. The number of fused-ring (bicyclic) bond motifs is 1. The smallest absolute Gasteiger partial charge is 0.338 e. The number of aromatic nitrogens is 2. The Kier molecular flexibility index (Phi) is 3.93. The van der Waals surface area contributed by atoms with Crippen molar-refractivity contribution in [1.82, 2.24) is 9.97 Å². The van der Waals surface area contributed by atoms with Crippen molar-refractivity contribution < 1.29 is 13.2 Å². The van der Waals surface area contributed by atoms with Crippen LogP contribution in [0.15, 0.2) is 66.7 Å². The minimum absolute atomic E-state index is 0.344. The first-order valence-corrected chi connectivity index (χ1v) is 8.12. The second-order valence-electron chi connectivity index (χ2n) is 6.08. The Labute approximate surface area is 152 Å². The zero-order chi connectivity index (χ0) is 19.0. The molecule has 0 aliphatic rings. The van der Waals surface area contributed by atoms with E-state index in [1.807, 2.05) is 36.4 Å². The Morgan fingerprint density at radius 3 is 2.00 bits per heavy atom. The summed E-state index contributed by atoms with van der Waals surface area (Å²) in [6.45, 7) is 0. The van der Waals surface area contributed by atoms with Gasteiger partial charge in [-0.15, -0.1) is 0 Å². The number of aromatic amines is 1. The summed E-state index contributed by atoms with van der Waals surface area (Å²) < 4.78 is 38.5. The lowest BCUT2D eigenvalue weighted by molar-refractivity contribution is -0.137. The topological polar surface area (TPSA) is 52.5 Å². The number of nitriles is 1. The summed E-state index contributed by atoms with van der Waals surface area (Å²) in [6, 6.07) is 20.3. The van der Waals surface area contributed by atoms with E-state index in [0.717, 1.165) is 28.8 Å². The van der Waals surface area contributed by atoms with E-state index in [-0.39, 0.29) is 0 Å². The largest absolute Gasteiger partial charge is 0.416 e. The molecule has 4 rings (SSSR count). The summed E-state index contributed by atoms with van der Waals surface area (Å²) in [7, 11) is 0. The molecule has 0 amide bonds. The Bertz CT molecular complexity index is 1150. The van der Waals surface area contributed by atoms with Crippen molar-refractivity contribution in [2.45, 2.75) is 6.18 Å². The average molecular weight is 363 g/mol. The summed E-state index contributed by atoms with van der Waals surface area (Å²) in [5, 5.41) is 8.86. The fraction of sp³-hybridized carbons (Fsp3) is 0.0476. The average Bonchev–Trinajstić information content (AvgIpc) is 3.11. The van der Waals surface area contributed by atoms with Gasteiger partial charge in [-0.1, -0.05) is 36.4 Å². The van der Waals surface area contributed by atoms with Crippen LogP contribution < -0.4 is 0 Å². The molecule has 0 aliphatic carbocycles. The van der Waals surface area contributed by atoms with Crippen molar-refractivity contribution in [3.05, 3.63) is 77.9 Å². The van der Waals surface area contributed by atoms with E-state index in [0.29, 0.717) is 22.4 Å². The van der Waals surface area contributed by atoms with E-state index in [1.54, 1.807) is 12.1 Å². The number of H-pyrrole nitrogens is 1. The zero-order valence-corrected chi connectivity index (χ0v) is 13.9. The molecule has 0 unspecified atom stereocenters. The van der Waals surface area contributed by atoms with Gasteiger partial charge in [0, 0.05) is 5.56 Å². The summed E-state index contributed by atoms with van der Waals surface area (Å²) in [4.78, 5) is 7.32. The molecule has 0 bridgehead atoms. The lowest BCUT2D eigenvalue weighted by atomic mass is 10.0. The van der Waals surface area contributed by atoms with Gasteiger partial charge >= 0.3 is 6.18 Å². The van der Waals surface area contributed by atoms with Crippen LogP contribution in [0.1, 0.15) is 11.1 Å². The lowest BCUT2D eigenvalue weighted by Gasteiger charge is -2.05. The highest BCUT2D eigenvalue weighted by Crippen LogP contribution is 2.32. The van der Waals surface area contributed by atoms with Gasteiger partial charge in [-0.25, -0.2) is 4.98 Å². The highest BCUT2D eigenvalue weighted by molar-refractivity contribution is 5.80. The van der Waals surface area contributed by atoms with Gasteiger partial charge < -0.3 is 4.98 Å². The molecule has 0 spiro atoms. The molecule has 0 fully saturated rings. The van der Waals surface area contributed by atoms with Gasteiger partial charge in [0.1, 0.15) is 5.82 Å². The van der Waals surface area contributed by atoms with Gasteiger partial charge in [0.2, 0.25) is 0 Å². The molecule has 132 valence electrons. The highest BCUT2D eigenvalue weighted by atomic mass is 19.4. The first-order valence-electron chi connectivity index (χ1n) is 8.12. The monoisotopic (exact) mass is 363 g/mol. The molecule has 0 saturated heterocycles. The molecule has 3 nitrogen and oxygen atoms in total. The number of rotatable bonds is 2. The molecular formula is C21H12F3N3. The van der Waals surface area contributed by atoms with Crippen molar-refractivity contribution in [1.29, 1.82) is 5.26 Å². The predicted octanol–water partition coefficient (Wildman–Crippen LogP) is 5.79. The first kappa shape index (κ1) is 16.9. The van der Waals surface area contributed by atoms with Gasteiger partial charge in [-0.2, -0.15) is 18.4 Å². The van der Waals surface area contributed by atoms with Crippen LogP contribution >= 0.6 is 0 Å². The number of alkyl halides is 3. The van der Waals surface area contributed by atoms with Gasteiger partial charge in [-0.05, 0) is 41.5 Å². The van der Waals surface area contributed by atoms with Crippen LogP contribution in [0, 0.1) is 11.3 Å². The third-order valence-corrected chi connectivity index (χ3v) is 4.31. The van der Waals surface area contributed by atoms with Gasteiger partial charge in [0.05, 0.1) is 28.2 Å². The molecule has 0 saturated carbocycles. The van der Waals surface area contributed by atoms with Crippen molar-refractivity contribution >= 4 is 11.0 Å². The van der Waals surface area contributed by atoms with Crippen LogP contribution in [0.5, 0.6) is 0 Å². The quantitative estimate of drug-likeness (QED) is 0.490. The Morgan fingerprint density at radius 2 is 1.41 bits per heavy atom. The van der Waals surface area contributed by atoms with E-state index in [9.17, 15) is 13.2 Å². The van der Waals surface area contributed by atoms with Crippen molar-refractivity contribution in [3.8, 4) is 28.6 Å². The number of hydrogen-bond donors (Lipinski definition) is 1. The molecule has 0 atom stereocenters. The first-order chi connectivity index (χ1) is 12.9. The molecule has 6 heteroatoms. The van der Waals surface area contributed by atoms with Crippen LogP contribution in [-0.4, -0.2) is 9.97 Å². The van der Waals surface area contributed by atoms with E-state index in [2.05, 4.69) is 16.0 Å². The molecule has 1 N–H and O–H groups in total. The SMILES string of the molecule is N#Cc1ccc(-c2ccc(-c3nc4ccc(C(F)(F)F)cc4[nH]3)cc2)cc1. The fourth-order valence-corrected chi connectivity index (χ4v) is 2.88. The molecule has 1 heterocycles. The van der Waals surface area contributed by atoms with Crippen LogP contribution in [0.25, 0.3) is 33.5 Å². The Balaban J connectivity index is 1.66. The number of imidazole rings is 1. The maximum atomic E-state index is 12.8. The second-order valence-corrected chi connectivity index (χ2v) is 6.08. The molecule has 0 radical (unpaired) electrons. The minimum atomic E-state index is -4.39. The summed E-state index contributed by atoms with van der Waals surface area (Å²) in [5.41, 5.74) is 3.43. The highest BCUT2D eigenvalue weighted by Gasteiger charge is 2.30. The normalized spacial score (nSPS) is 11.5. The van der Waals surface area contributed by atoms with Crippen LogP contribution in [0.3, 0.4) is 0 Å². The Morgan fingerprint density at radius 1 is 0.815 bits per heavy atom. The summed E-state index contributed by atoms with van der Waals surface area (Å²) >= 11 is 0. The minimum Gasteiger partial charge on any atom is -0.338 e. The zero-order valence-electron chi connectivity index (χ0n) is 13.9. The molecule has 1 aromatic heterocycles. The van der Waals surface area contributed by atoms with E-state index < -0.39 is 11.7 Å².